The van der Waals surface area contributed by atoms with Crippen molar-refractivity contribution in [3.63, 3.8) is 0 Å². The number of amides is 1. The summed E-state index contributed by atoms with van der Waals surface area (Å²) in [5.41, 5.74) is 2.08. The number of rotatable bonds is 5. The van der Waals surface area contributed by atoms with Crippen LogP contribution in [-0.4, -0.2) is 25.5 Å². The van der Waals surface area contributed by atoms with Crippen LogP contribution in [-0.2, 0) is 4.79 Å². The van der Waals surface area contributed by atoms with Crippen molar-refractivity contribution in [2.24, 2.45) is 0 Å². The Bertz CT molecular complexity index is 334. The predicted octanol–water partition coefficient (Wildman–Crippen LogP) is -2.14. The van der Waals surface area contributed by atoms with Gasteiger partial charge >= 0.3 is 0 Å². The number of carbonyl (C=O) groups is 1. The molecule has 17 heavy (non-hydrogen) atoms. The van der Waals surface area contributed by atoms with Gasteiger partial charge in [0.2, 0.25) is 0 Å². The van der Waals surface area contributed by atoms with E-state index in [1.165, 1.54) is 10.5 Å². The molecule has 3 nitrogen and oxygen atoms in total. The quantitative estimate of drug-likeness (QED) is 0.620. The van der Waals surface area contributed by atoms with Gasteiger partial charge < -0.3 is 22.6 Å². The molecule has 0 saturated carbocycles. The molecule has 0 saturated heterocycles. The monoisotopic (exact) mass is 256 g/mol. The number of halogens is 1. The summed E-state index contributed by atoms with van der Waals surface area (Å²) in [6, 6.07) is 7.87. The average molecular weight is 257 g/mol. The van der Waals surface area contributed by atoms with Crippen LogP contribution in [0, 0.1) is 6.92 Å². The van der Waals surface area contributed by atoms with Gasteiger partial charge in [0.1, 0.15) is 0 Å². The third kappa shape index (κ3) is 5.71. The summed E-state index contributed by atoms with van der Waals surface area (Å²) >= 11 is 0. The Balaban J connectivity index is 0.00000256. The second kappa shape index (κ2) is 8.09. The van der Waals surface area contributed by atoms with Crippen molar-refractivity contribution in [2.45, 2.75) is 20.8 Å². The molecule has 1 aromatic carbocycles. The highest BCUT2D eigenvalue weighted by Gasteiger charge is 2.10. The summed E-state index contributed by atoms with van der Waals surface area (Å²) in [5, 5.41) is 2.91. The van der Waals surface area contributed by atoms with Crippen molar-refractivity contribution in [1.82, 2.24) is 0 Å². The van der Waals surface area contributed by atoms with Crippen LogP contribution < -0.4 is 22.6 Å². The van der Waals surface area contributed by atoms with E-state index < -0.39 is 0 Å². The van der Waals surface area contributed by atoms with Crippen molar-refractivity contribution < 1.29 is 22.1 Å². The molecule has 0 aliphatic heterocycles. The first-order chi connectivity index (χ1) is 7.65. The highest BCUT2D eigenvalue weighted by Crippen LogP contribution is 2.07. The van der Waals surface area contributed by atoms with Crippen molar-refractivity contribution >= 4 is 11.6 Å². The Hall–Kier alpha value is -1.06. The number of aryl methyl sites for hydroxylation is 1. The van der Waals surface area contributed by atoms with Gasteiger partial charge in [-0.15, -0.1) is 0 Å². The zero-order valence-corrected chi connectivity index (χ0v) is 11.5. The maximum absolute atomic E-state index is 11.7. The van der Waals surface area contributed by atoms with E-state index in [1.54, 1.807) is 0 Å². The number of hydrogen-bond acceptors (Lipinski definition) is 1. The summed E-state index contributed by atoms with van der Waals surface area (Å²) in [6.45, 7) is 8.73. The van der Waals surface area contributed by atoms with Crippen molar-refractivity contribution in [1.29, 1.82) is 0 Å². The minimum atomic E-state index is 0. The lowest BCUT2D eigenvalue weighted by molar-refractivity contribution is -0.888. The predicted molar refractivity (Wildman–Crippen MR) is 66.7 cm³/mol. The minimum Gasteiger partial charge on any atom is -1.00 e. The van der Waals surface area contributed by atoms with Crippen LogP contribution in [0.5, 0.6) is 0 Å². The van der Waals surface area contributed by atoms with Gasteiger partial charge in [0.15, 0.2) is 6.54 Å². The van der Waals surface area contributed by atoms with Crippen LogP contribution in [0.15, 0.2) is 24.3 Å². The van der Waals surface area contributed by atoms with Crippen LogP contribution in [0.2, 0.25) is 0 Å². The first-order valence-electron chi connectivity index (χ1n) is 5.85. The van der Waals surface area contributed by atoms with Gasteiger partial charge in [0.05, 0.1) is 13.1 Å². The molecular formula is C13H21ClN2O. The van der Waals surface area contributed by atoms with Crippen LogP contribution in [0.4, 0.5) is 5.69 Å². The number of benzene rings is 1. The fraction of sp³-hybridized carbons (Fsp3) is 0.462. The molecule has 0 aromatic heterocycles. The van der Waals surface area contributed by atoms with E-state index in [1.807, 2.05) is 31.2 Å². The van der Waals surface area contributed by atoms with Gasteiger partial charge in [0, 0.05) is 5.69 Å². The number of anilines is 1. The lowest BCUT2D eigenvalue weighted by Crippen LogP contribution is -3.12. The van der Waals surface area contributed by atoms with E-state index >= 15 is 0 Å². The fourth-order valence-electron chi connectivity index (χ4n) is 1.57. The van der Waals surface area contributed by atoms with Crippen LogP contribution in [0.3, 0.4) is 0 Å². The molecule has 1 aromatic rings. The molecular weight excluding hydrogens is 236 g/mol. The van der Waals surface area contributed by atoms with Gasteiger partial charge in [0.25, 0.3) is 5.91 Å². The first kappa shape index (κ1) is 15.9. The highest BCUT2D eigenvalue weighted by molar-refractivity contribution is 5.91. The summed E-state index contributed by atoms with van der Waals surface area (Å²) in [5.74, 6) is 0.0857. The molecule has 0 fully saturated rings. The van der Waals surface area contributed by atoms with Crippen molar-refractivity contribution in [2.75, 3.05) is 25.0 Å². The molecule has 4 heteroatoms. The fourth-order valence-corrected chi connectivity index (χ4v) is 1.57. The lowest BCUT2D eigenvalue weighted by atomic mass is 10.2. The van der Waals surface area contributed by atoms with Crippen molar-refractivity contribution in [3.8, 4) is 0 Å². The molecule has 0 unspecified atom stereocenters. The highest BCUT2D eigenvalue weighted by atomic mass is 35.5. The molecule has 0 spiro atoms. The largest absolute Gasteiger partial charge is 1.00 e. The Kier molecular flexibility index (Phi) is 7.59. The standard InChI is InChI=1S/C13H20N2O.ClH/c1-4-15(5-2)10-13(16)14-12-8-6-11(3)7-9-12;/h6-9H,4-5,10H2,1-3H3,(H,14,16);1H. The van der Waals surface area contributed by atoms with Gasteiger partial charge in [-0.25, -0.2) is 0 Å². The third-order valence-electron chi connectivity index (χ3n) is 2.75. The van der Waals surface area contributed by atoms with Gasteiger partial charge in [-0.2, -0.15) is 0 Å². The number of nitrogens with one attached hydrogen (secondary N) is 2. The molecule has 1 rings (SSSR count). The van der Waals surface area contributed by atoms with E-state index in [4.69, 9.17) is 0 Å². The molecule has 1 amide bonds. The van der Waals surface area contributed by atoms with Crippen LogP contribution in [0.25, 0.3) is 0 Å². The number of likely N-dealkylation sites (N-methyl/N-ethyl adjacent to an activating group) is 1. The zero-order valence-electron chi connectivity index (χ0n) is 10.7. The van der Waals surface area contributed by atoms with Gasteiger partial charge in [-0.1, -0.05) is 17.7 Å². The van der Waals surface area contributed by atoms with Crippen molar-refractivity contribution in [3.05, 3.63) is 29.8 Å². The van der Waals surface area contributed by atoms with E-state index in [2.05, 4.69) is 19.2 Å². The van der Waals surface area contributed by atoms with Gasteiger partial charge in [-0.05, 0) is 32.9 Å². The lowest BCUT2D eigenvalue weighted by Gasteiger charge is -2.14. The molecule has 0 aliphatic carbocycles. The van der Waals surface area contributed by atoms with E-state index in [0.29, 0.717) is 6.54 Å². The van der Waals surface area contributed by atoms with E-state index in [9.17, 15) is 4.79 Å². The molecule has 2 N–H and O–H groups in total. The molecule has 96 valence electrons. The third-order valence-corrected chi connectivity index (χ3v) is 2.75. The van der Waals surface area contributed by atoms with E-state index in [0.717, 1.165) is 18.8 Å². The number of carbonyl (C=O) groups excluding carboxylic acids is 1. The normalized spacial score (nSPS) is 9.88. The first-order valence-corrected chi connectivity index (χ1v) is 5.85. The summed E-state index contributed by atoms with van der Waals surface area (Å²) < 4.78 is 0. The topological polar surface area (TPSA) is 33.5 Å². The summed E-state index contributed by atoms with van der Waals surface area (Å²) in [6.07, 6.45) is 0. The second-order valence-corrected chi connectivity index (χ2v) is 4.05. The van der Waals surface area contributed by atoms with Crippen LogP contribution >= 0.6 is 0 Å². The van der Waals surface area contributed by atoms with Gasteiger partial charge in [-0.3, -0.25) is 4.79 Å². The molecule has 0 aliphatic rings. The summed E-state index contributed by atoms with van der Waals surface area (Å²) in [7, 11) is 0. The van der Waals surface area contributed by atoms with E-state index in [-0.39, 0.29) is 18.3 Å². The average Bonchev–Trinajstić information content (AvgIpc) is 2.29. The smallest absolute Gasteiger partial charge is 0.279 e. The second-order valence-electron chi connectivity index (χ2n) is 4.05. The Morgan fingerprint density at radius 2 is 1.71 bits per heavy atom. The maximum atomic E-state index is 11.7. The molecule has 0 atom stereocenters. The Morgan fingerprint density at radius 1 is 1.18 bits per heavy atom. The number of hydrogen-bond donors (Lipinski definition) is 2. The summed E-state index contributed by atoms with van der Waals surface area (Å²) in [4.78, 5) is 13.0. The molecule has 0 bridgehead atoms. The Labute approximate surface area is 110 Å². The minimum absolute atomic E-state index is 0. The Morgan fingerprint density at radius 3 is 2.18 bits per heavy atom. The number of quaternary nitrogens is 1. The SMILES string of the molecule is CC[NH+](CC)CC(=O)Nc1ccc(C)cc1.[Cl-]. The molecule has 0 heterocycles. The maximum Gasteiger partial charge on any atom is 0.279 e. The zero-order chi connectivity index (χ0) is 12.0. The molecule has 0 radical (unpaired) electrons. The van der Waals surface area contributed by atoms with Crippen LogP contribution in [0.1, 0.15) is 19.4 Å².